The van der Waals surface area contributed by atoms with Crippen LogP contribution in [0.2, 0.25) is 0 Å². The van der Waals surface area contributed by atoms with E-state index in [4.69, 9.17) is 4.74 Å². The van der Waals surface area contributed by atoms with E-state index in [1.165, 1.54) is 6.92 Å². The Labute approximate surface area is 95.9 Å². The van der Waals surface area contributed by atoms with E-state index in [9.17, 15) is 9.59 Å². The molecule has 0 spiro atoms. The summed E-state index contributed by atoms with van der Waals surface area (Å²) in [7, 11) is 0. The summed E-state index contributed by atoms with van der Waals surface area (Å²) in [6.45, 7) is 4.24. The molecule has 0 N–H and O–H groups in total. The Morgan fingerprint density at radius 2 is 2.25 bits per heavy atom. The van der Waals surface area contributed by atoms with Gasteiger partial charge in [-0.05, 0) is 32.1 Å². The molecule has 0 aromatic rings. The molecule has 3 atom stereocenters. The van der Waals surface area contributed by atoms with Crippen LogP contribution in [0.25, 0.3) is 0 Å². The number of ether oxygens (including phenoxy) is 1. The molecule has 2 heterocycles. The lowest BCUT2D eigenvalue weighted by Gasteiger charge is -2.37. The van der Waals surface area contributed by atoms with Crippen LogP contribution in [0.5, 0.6) is 0 Å². The van der Waals surface area contributed by atoms with Crippen molar-refractivity contribution in [2.24, 2.45) is 5.92 Å². The van der Waals surface area contributed by atoms with Gasteiger partial charge in [-0.15, -0.1) is 0 Å². The van der Waals surface area contributed by atoms with Gasteiger partial charge in [0, 0.05) is 25.9 Å². The van der Waals surface area contributed by atoms with Crippen molar-refractivity contribution < 1.29 is 14.3 Å². The highest BCUT2D eigenvalue weighted by Gasteiger charge is 2.38. The third kappa shape index (κ3) is 2.20. The highest BCUT2D eigenvalue weighted by atomic mass is 16.5. The summed E-state index contributed by atoms with van der Waals surface area (Å²) in [5.74, 6) is 0.497. The summed E-state index contributed by atoms with van der Waals surface area (Å²) in [6.07, 6.45) is 3.59. The van der Waals surface area contributed by atoms with Gasteiger partial charge in [-0.3, -0.25) is 9.59 Å². The van der Waals surface area contributed by atoms with Crippen LogP contribution in [0, 0.1) is 5.92 Å². The number of amides is 1. The normalized spacial score (nSPS) is 31.1. The van der Waals surface area contributed by atoms with Crippen molar-refractivity contribution >= 4 is 11.9 Å². The Kier molecular flexibility index (Phi) is 3.17. The van der Waals surface area contributed by atoms with Gasteiger partial charge in [-0.25, -0.2) is 0 Å². The van der Waals surface area contributed by atoms with Crippen molar-refractivity contribution in [3.05, 3.63) is 0 Å². The van der Waals surface area contributed by atoms with Crippen molar-refractivity contribution in [1.82, 2.24) is 4.90 Å². The zero-order chi connectivity index (χ0) is 11.7. The lowest BCUT2D eigenvalue weighted by molar-refractivity contribution is -0.150. The topological polar surface area (TPSA) is 46.6 Å². The van der Waals surface area contributed by atoms with Crippen LogP contribution in [0.1, 0.15) is 39.5 Å². The van der Waals surface area contributed by atoms with E-state index in [0.717, 1.165) is 25.8 Å². The average molecular weight is 225 g/mol. The number of piperidine rings is 1. The van der Waals surface area contributed by atoms with Crippen LogP contribution in [0.4, 0.5) is 0 Å². The van der Waals surface area contributed by atoms with E-state index >= 15 is 0 Å². The molecule has 2 rings (SSSR count). The first-order chi connectivity index (χ1) is 7.58. The standard InChI is InChI=1S/C12H19NO3/c1-8(16-9(2)14)10-5-6-13-11(7-10)3-4-12(13)15/h8,10-11H,3-7H2,1-2H3. The molecule has 2 aliphatic heterocycles. The van der Waals surface area contributed by atoms with Gasteiger partial charge in [0.1, 0.15) is 6.10 Å². The Bertz CT molecular complexity index is 303. The van der Waals surface area contributed by atoms with E-state index in [2.05, 4.69) is 0 Å². The number of carbonyl (C=O) groups is 2. The van der Waals surface area contributed by atoms with Crippen molar-refractivity contribution in [1.29, 1.82) is 0 Å². The highest BCUT2D eigenvalue weighted by Crippen LogP contribution is 2.33. The first-order valence-electron chi connectivity index (χ1n) is 6.04. The van der Waals surface area contributed by atoms with E-state index in [-0.39, 0.29) is 12.1 Å². The predicted molar refractivity (Wildman–Crippen MR) is 58.7 cm³/mol. The summed E-state index contributed by atoms with van der Waals surface area (Å²) in [5, 5.41) is 0. The minimum absolute atomic E-state index is 0.0182. The van der Waals surface area contributed by atoms with Gasteiger partial charge >= 0.3 is 5.97 Å². The molecule has 0 aliphatic carbocycles. The number of hydrogen-bond acceptors (Lipinski definition) is 3. The van der Waals surface area contributed by atoms with Crippen LogP contribution >= 0.6 is 0 Å². The maximum Gasteiger partial charge on any atom is 0.302 e. The Hall–Kier alpha value is -1.06. The summed E-state index contributed by atoms with van der Waals surface area (Å²) in [4.78, 5) is 24.4. The van der Waals surface area contributed by atoms with Gasteiger partial charge in [-0.2, -0.15) is 0 Å². The predicted octanol–water partition coefficient (Wildman–Crippen LogP) is 1.34. The lowest BCUT2D eigenvalue weighted by atomic mass is 9.87. The number of hydrogen-bond donors (Lipinski definition) is 0. The maximum absolute atomic E-state index is 11.5. The van der Waals surface area contributed by atoms with Gasteiger partial charge in [0.05, 0.1) is 0 Å². The zero-order valence-corrected chi connectivity index (χ0v) is 9.94. The van der Waals surface area contributed by atoms with Crippen LogP contribution in [0.3, 0.4) is 0 Å². The lowest BCUT2D eigenvalue weighted by Crippen LogP contribution is -2.43. The van der Waals surface area contributed by atoms with Gasteiger partial charge in [0.25, 0.3) is 0 Å². The van der Waals surface area contributed by atoms with Crippen molar-refractivity contribution in [2.45, 2.75) is 51.7 Å². The van der Waals surface area contributed by atoms with Crippen LogP contribution in [-0.2, 0) is 14.3 Å². The molecular weight excluding hydrogens is 206 g/mol. The Morgan fingerprint density at radius 1 is 1.50 bits per heavy atom. The molecule has 0 aromatic carbocycles. The zero-order valence-electron chi connectivity index (χ0n) is 9.94. The summed E-state index contributed by atoms with van der Waals surface area (Å²) in [6, 6.07) is 0.393. The molecule has 1 amide bonds. The van der Waals surface area contributed by atoms with E-state index in [0.29, 0.717) is 24.3 Å². The summed E-state index contributed by atoms with van der Waals surface area (Å²) in [5.41, 5.74) is 0. The second-order valence-electron chi connectivity index (χ2n) is 4.88. The number of nitrogens with zero attached hydrogens (tertiary/aromatic N) is 1. The molecule has 0 radical (unpaired) electrons. The van der Waals surface area contributed by atoms with Crippen molar-refractivity contribution in [3.63, 3.8) is 0 Å². The molecule has 0 aromatic heterocycles. The summed E-state index contributed by atoms with van der Waals surface area (Å²) < 4.78 is 5.22. The van der Waals surface area contributed by atoms with E-state index in [1.807, 2.05) is 11.8 Å². The largest absolute Gasteiger partial charge is 0.463 e. The Balaban J connectivity index is 1.91. The average Bonchev–Trinajstić information content (AvgIpc) is 2.59. The van der Waals surface area contributed by atoms with E-state index < -0.39 is 0 Å². The summed E-state index contributed by atoms with van der Waals surface area (Å²) >= 11 is 0. The van der Waals surface area contributed by atoms with Gasteiger partial charge in [0.15, 0.2) is 0 Å². The third-order valence-corrected chi connectivity index (χ3v) is 3.78. The molecule has 0 bridgehead atoms. The molecule has 16 heavy (non-hydrogen) atoms. The van der Waals surface area contributed by atoms with Gasteiger partial charge in [0.2, 0.25) is 5.91 Å². The monoisotopic (exact) mass is 225 g/mol. The second-order valence-corrected chi connectivity index (χ2v) is 4.88. The number of rotatable bonds is 2. The molecule has 3 unspecified atom stereocenters. The molecule has 0 saturated carbocycles. The smallest absolute Gasteiger partial charge is 0.302 e. The fourth-order valence-electron chi connectivity index (χ4n) is 2.90. The molecule has 4 heteroatoms. The first kappa shape index (κ1) is 11.4. The molecule has 2 fully saturated rings. The van der Waals surface area contributed by atoms with Crippen LogP contribution < -0.4 is 0 Å². The fraction of sp³-hybridized carbons (Fsp3) is 0.833. The minimum Gasteiger partial charge on any atom is -0.463 e. The first-order valence-corrected chi connectivity index (χ1v) is 6.04. The SMILES string of the molecule is CC(=O)OC(C)C1CCN2C(=O)CCC2C1. The van der Waals surface area contributed by atoms with Crippen molar-refractivity contribution in [2.75, 3.05) is 6.54 Å². The number of esters is 1. The molecular formula is C12H19NO3. The second kappa shape index (κ2) is 4.44. The van der Waals surface area contributed by atoms with E-state index in [1.54, 1.807) is 0 Å². The molecule has 2 aliphatic rings. The quantitative estimate of drug-likeness (QED) is 0.666. The Morgan fingerprint density at radius 3 is 2.94 bits per heavy atom. The van der Waals surface area contributed by atoms with Gasteiger partial charge < -0.3 is 9.64 Å². The molecule has 90 valence electrons. The number of carbonyl (C=O) groups excluding carboxylic acids is 2. The van der Waals surface area contributed by atoms with Crippen molar-refractivity contribution in [3.8, 4) is 0 Å². The fourth-order valence-corrected chi connectivity index (χ4v) is 2.90. The third-order valence-electron chi connectivity index (χ3n) is 3.78. The van der Waals surface area contributed by atoms with Crippen LogP contribution in [0.15, 0.2) is 0 Å². The molecule has 4 nitrogen and oxygen atoms in total. The highest BCUT2D eigenvalue weighted by molar-refractivity contribution is 5.78. The number of fused-ring (bicyclic) bond motifs is 1. The molecule has 2 saturated heterocycles. The maximum atomic E-state index is 11.5. The minimum atomic E-state index is -0.211. The van der Waals surface area contributed by atoms with Gasteiger partial charge in [-0.1, -0.05) is 0 Å². The van der Waals surface area contributed by atoms with Crippen LogP contribution in [-0.4, -0.2) is 35.5 Å².